The Balaban J connectivity index is 2.60. The van der Waals surface area contributed by atoms with Gasteiger partial charge in [0, 0.05) is 19.5 Å². The van der Waals surface area contributed by atoms with Crippen molar-refractivity contribution < 1.29 is 4.52 Å². The van der Waals surface area contributed by atoms with Crippen LogP contribution < -0.4 is 10.6 Å². The van der Waals surface area contributed by atoms with E-state index in [-0.39, 0.29) is 5.41 Å². The molecule has 0 saturated carbocycles. The minimum absolute atomic E-state index is 0.115. The molecule has 6 heteroatoms. The molecular formula is C10H19N5O. The topological polar surface area (TPSA) is 75.3 Å². The fraction of sp³-hybridized carbons (Fsp3) is 0.700. The summed E-state index contributed by atoms with van der Waals surface area (Å²) in [6.45, 7) is 6.59. The maximum atomic E-state index is 5.17. The number of aromatic nitrogens is 2. The Bertz CT molecular complexity index is 364. The van der Waals surface area contributed by atoms with E-state index in [0.717, 1.165) is 0 Å². The first-order valence-electron chi connectivity index (χ1n) is 5.19. The summed E-state index contributed by atoms with van der Waals surface area (Å²) in [6.07, 6.45) is 0. The molecule has 1 aromatic rings. The van der Waals surface area contributed by atoms with Crippen molar-refractivity contribution in [3.05, 3.63) is 11.7 Å². The summed E-state index contributed by atoms with van der Waals surface area (Å²) in [5, 5.41) is 9.86. The molecule has 0 fully saturated rings. The van der Waals surface area contributed by atoms with Crippen LogP contribution in [0, 0.1) is 0 Å². The first-order chi connectivity index (χ1) is 7.47. The molecule has 0 aromatic carbocycles. The fourth-order valence-electron chi connectivity index (χ4n) is 1.07. The Labute approximate surface area is 95.5 Å². The van der Waals surface area contributed by atoms with Crippen molar-refractivity contribution in [2.75, 3.05) is 14.1 Å². The van der Waals surface area contributed by atoms with Crippen LogP contribution in [0.2, 0.25) is 0 Å². The summed E-state index contributed by atoms with van der Waals surface area (Å²) in [5.74, 6) is 1.96. The monoisotopic (exact) mass is 225 g/mol. The normalized spacial score (nSPS) is 12.7. The van der Waals surface area contributed by atoms with Crippen molar-refractivity contribution in [1.82, 2.24) is 20.8 Å². The minimum atomic E-state index is -0.115. The molecule has 16 heavy (non-hydrogen) atoms. The average molecular weight is 225 g/mol. The van der Waals surface area contributed by atoms with Gasteiger partial charge in [-0.2, -0.15) is 4.98 Å². The van der Waals surface area contributed by atoms with Crippen molar-refractivity contribution >= 4 is 5.96 Å². The molecule has 0 aliphatic heterocycles. The maximum Gasteiger partial charge on any atom is 0.232 e. The Morgan fingerprint density at radius 1 is 1.44 bits per heavy atom. The van der Waals surface area contributed by atoms with Crippen LogP contribution in [0.5, 0.6) is 0 Å². The van der Waals surface area contributed by atoms with E-state index in [4.69, 9.17) is 4.52 Å². The smallest absolute Gasteiger partial charge is 0.232 e. The summed E-state index contributed by atoms with van der Waals surface area (Å²) in [7, 11) is 3.50. The van der Waals surface area contributed by atoms with E-state index in [1.165, 1.54) is 0 Å². The van der Waals surface area contributed by atoms with Gasteiger partial charge in [0.15, 0.2) is 11.8 Å². The molecule has 90 valence electrons. The summed E-state index contributed by atoms with van der Waals surface area (Å²) < 4.78 is 5.17. The number of guanidine groups is 1. The summed E-state index contributed by atoms with van der Waals surface area (Å²) in [5.41, 5.74) is -0.115. The van der Waals surface area contributed by atoms with Gasteiger partial charge in [0.2, 0.25) is 5.89 Å². The maximum absolute atomic E-state index is 5.17. The lowest BCUT2D eigenvalue weighted by Crippen LogP contribution is -2.34. The van der Waals surface area contributed by atoms with Gasteiger partial charge in [0.25, 0.3) is 0 Å². The Kier molecular flexibility index (Phi) is 3.87. The van der Waals surface area contributed by atoms with Gasteiger partial charge in [-0.25, -0.2) is 0 Å². The van der Waals surface area contributed by atoms with Crippen LogP contribution in [0.3, 0.4) is 0 Å². The van der Waals surface area contributed by atoms with Gasteiger partial charge in [-0.1, -0.05) is 25.9 Å². The molecule has 0 aliphatic carbocycles. The van der Waals surface area contributed by atoms with E-state index in [1.807, 2.05) is 20.8 Å². The Morgan fingerprint density at radius 3 is 2.56 bits per heavy atom. The third-order valence-electron chi connectivity index (χ3n) is 1.98. The summed E-state index contributed by atoms with van der Waals surface area (Å²) in [4.78, 5) is 8.28. The molecule has 0 bridgehead atoms. The molecule has 2 N–H and O–H groups in total. The zero-order valence-electron chi connectivity index (χ0n) is 10.5. The molecule has 1 heterocycles. The van der Waals surface area contributed by atoms with E-state index in [2.05, 4.69) is 25.8 Å². The van der Waals surface area contributed by atoms with Crippen LogP contribution in [-0.4, -0.2) is 30.2 Å². The molecule has 0 amide bonds. The van der Waals surface area contributed by atoms with Crippen LogP contribution in [0.4, 0.5) is 0 Å². The molecule has 0 spiro atoms. The molecule has 0 aliphatic rings. The van der Waals surface area contributed by atoms with E-state index in [0.29, 0.717) is 24.2 Å². The third kappa shape index (κ3) is 3.22. The highest BCUT2D eigenvalue weighted by atomic mass is 16.5. The Hall–Kier alpha value is -1.59. The second-order valence-corrected chi connectivity index (χ2v) is 4.44. The number of hydrogen-bond acceptors (Lipinski definition) is 4. The molecule has 0 unspecified atom stereocenters. The standard InChI is InChI=1S/C10H19N5O/c1-10(2,3)8-14-7(15-16-8)6-13-9(11-4)12-5/h6H2,1-5H3,(H2,11,12,13). The predicted octanol–water partition coefficient (Wildman–Crippen LogP) is 0.662. The molecule has 1 rings (SSSR count). The van der Waals surface area contributed by atoms with Crippen molar-refractivity contribution in [3.63, 3.8) is 0 Å². The highest BCUT2D eigenvalue weighted by Gasteiger charge is 2.21. The molecule has 0 saturated heterocycles. The van der Waals surface area contributed by atoms with Gasteiger partial charge in [-0.3, -0.25) is 4.99 Å². The first-order valence-corrected chi connectivity index (χ1v) is 5.19. The number of aliphatic imine (C=N–C) groups is 1. The SMILES string of the molecule is CN=C(NC)NCc1noc(C(C)(C)C)n1. The van der Waals surface area contributed by atoms with Gasteiger partial charge in [0.1, 0.15) is 0 Å². The third-order valence-corrected chi connectivity index (χ3v) is 1.98. The quantitative estimate of drug-likeness (QED) is 0.571. The Morgan fingerprint density at radius 2 is 2.12 bits per heavy atom. The van der Waals surface area contributed by atoms with Crippen LogP contribution in [0.15, 0.2) is 9.52 Å². The molecule has 1 aromatic heterocycles. The van der Waals surface area contributed by atoms with Crippen LogP contribution in [0.1, 0.15) is 32.5 Å². The summed E-state index contributed by atoms with van der Waals surface area (Å²) >= 11 is 0. The van der Waals surface area contributed by atoms with Crippen molar-refractivity contribution in [2.45, 2.75) is 32.7 Å². The summed E-state index contributed by atoms with van der Waals surface area (Å²) in [6, 6.07) is 0. The number of nitrogens with zero attached hydrogens (tertiary/aromatic N) is 3. The number of rotatable bonds is 2. The molecule has 0 radical (unpaired) electrons. The fourth-order valence-corrected chi connectivity index (χ4v) is 1.07. The lowest BCUT2D eigenvalue weighted by Gasteiger charge is -2.10. The van der Waals surface area contributed by atoms with Gasteiger partial charge in [0.05, 0.1) is 6.54 Å². The van der Waals surface area contributed by atoms with Crippen LogP contribution in [0.25, 0.3) is 0 Å². The average Bonchev–Trinajstić information content (AvgIpc) is 2.67. The highest BCUT2D eigenvalue weighted by Crippen LogP contribution is 2.19. The van der Waals surface area contributed by atoms with Gasteiger partial charge < -0.3 is 15.2 Å². The minimum Gasteiger partial charge on any atom is -0.359 e. The van der Waals surface area contributed by atoms with Crippen LogP contribution >= 0.6 is 0 Å². The molecular weight excluding hydrogens is 206 g/mol. The van der Waals surface area contributed by atoms with E-state index in [1.54, 1.807) is 14.1 Å². The van der Waals surface area contributed by atoms with Crippen molar-refractivity contribution in [2.24, 2.45) is 4.99 Å². The largest absolute Gasteiger partial charge is 0.359 e. The second kappa shape index (κ2) is 4.96. The van der Waals surface area contributed by atoms with E-state index < -0.39 is 0 Å². The van der Waals surface area contributed by atoms with Crippen molar-refractivity contribution in [1.29, 1.82) is 0 Å². The first kappa shape index (κ1) is 12.5. The zero-order chi connectivity index (χ0) is 12.2. The van der Waals surface area contributed by atoms with E-state index in [9.17, 15) is 0 Å². The second-order valence-electron chi connectivity index (χ2n) is 4.44. The van der Waals surface area contributed by atoms with Crippen molar-refractivity contribution in [3.8, 4) is 0 Å². The lowest BCUT2D eigenvalue weighted by molar-refractivity contribution is 0.318. The van der Waals surface area contributed by atoms with Gasteiger partial charge >= 0.3 is 0 Å². The lowest BCUT2D eigenvalue weighted by atomic mass is 9.97. The van der Waals surface area contributed by atoms with Gasteiger partial charge in [-0.05, 0) is 0 Å². The molecule has 0 atom stereocenters. The highest BCUT2D eigenvalue weighted by molar-refractivity contribution is 5.79. The van der Waals surface area contributed by atoms with Crippen LogP contribution in [-0.2, 0) is 12.0 Å². The van der Waals surface area contributed by atoms with Gasteiger partial charge in [-0.15, -0.1) is 0 Å². The van der Waals surface area contributed by atoms with E-state index >= 15 is 0 Å². The number of nitrogens with one attached hydrogen (secondary N) is 2. The zero-order valence-corrected chi connectivity index (χ0v) is 10.5. The predicted molar refractivity (Wildman–Crippen MR) is 62.3 cm³/mol. The number of hydrogen-bond donors (Lipinski definition) is 2. The molecule has 6 nitrogen and oxygen atoms in total.